The van der Waals surface area contributed by atoms with Crippen LogP contribution in [0.3, 0.4) is 0 Å². The van der Waals surface area contributed by atoms with Crippen LogP contribution in [0.1, 0.15) is 25.0 Å². The van der Waals surface area contributed by atoms with E-state index in [9.17, 15) is 22.4 Å². The number of carbonyl (C=O) groups is 2. The molecule has 2 aromatic carbocycles. The van der Waals surface area contributed by atoms with E-state index in [1.165, 1.54) is 30.9 Å². The van der Waals surface area contributed by atoms with Gasteiger partial charge >= 0.3 is 0 Å². The first-order valence-corrected chi connectivity index (χ1v) is 12.1. The second-order valence-electron chi connectivity index (χ2n) is 7.91. The average molecular weight is 482 g/mol. The van der Waals surface area contributed by atoms with Crippen molar-refractivity contribution in [2.45, 2.75) is 32.9 Å². The van der Waals surface area contributed by atoms with Crippen LogP contribution >= 0.6 is 11.6 Å². The van der Waals surface area contributed by atoms with Crippen LogP contribution in [0.2, 0.25) is 5.02 Å². The smallest absolute Gasteiger partial charge is 0.247 e. The molecule has 3 rings (SSSR count). The molecule has 0 aliphatic carbocycles. The van der Waals surface area contributed by atoms with Crippen LogP contribution < -0.4 is 10.2 Å². The van der Waals surface area contributed by atoms with Crippen molar-refractivity contribution in [1.82, 2.24) is 9.62 Å². The average Bonchev–Trinajstić information content (AvgIpc) is 2.74. The Morgan fingerprint density at radius 3 is 2.47 bits per heavy atom. The number of hydrogen-bond acceptors (Lipinski definition) is 4. The number of benzene rings is 2. The number of halogens is 2. The van der Waals surface area contributed by atoms with E-state index in [1.54, 1.807) is 37.3 Å². The monoisotopic (exact) mass is 481 g/mol. The SMILES string of the molecule is CCS(=O)(=O)N1CC(=O)N(c2ccc(Cl)cc2C)[C@](C)(C(=O)NCc2ccc(F)cc2)C1. The third-order valence-electron chi connectivity index (χ3n) is 5.55. The summed E-state index contributed by atoms with van der Waals surface area (Å²) in [5, 5.41) is 3.25. The minimum Gasteiger partial charge on any atom is -0.350 e. The number of sulfonamides is 1. The summed E-state index contributed by atoms with van der Waals surface area (Å²) in [4.78, 5) is 28.0. The fourth-order valence-electron chi connectivity index (χ4n) is 3.76. The molecule has 1 aliphatic rings. The van der Waals surface area contributed by atoms with Crippen LogP contribution in [0, 0.1) is 12.7 Å². The van der Waals surface area contributed by atoms with E-state index in [4.69, 9.17) is 11.6 Å². The Kier molecular flexibility index (Phi) is 6.92. The zero-order chi connectivity index (χ0) is 23.7. The van der Waals surface area contributed by atoms with Gasteiger partial charge in [0.1, 0.15) is 11.4 Å². The van der Waals surface area contributed by atoms with Gasteiger partial charge in [-0.25, -0.2) is 12.8 Å². The maximum atomic E-state index is 13.4. The van der Waals surface area contributed by atoms with Crippen molar-refractivity contribution < 1.29 is 22.4 Å². The van der Waals surface area contributed by atoms with Gasteiger partial charge in [-0.3, -0.25) is 14.5 Å². The third-order valence-corrected chi connectivity index (χ3v) is 7.56. The van der Waals surface area contributed by atoms with Gasteiger partial charge in [0, 0.05) is 23.8 Å². The van der Waals surface area contributed by atoms with Crippen LogP contribution in [0.5, 0.6) is 0 Å². The fourth-order valence-corrected chi connectivity index (χ4v) is 5.11. The zero-order valence-corrected chi connectivity index (χ0v) is 19.6. The molecule has 172 valence electrons. The van der Waals surface area contributed by atoms with Crippen LogP contribution in [0.25, 0.3) is 0 Å². The highest BCUT2D eigenvalue weighted by Crippen LogP contribution is 2.34. The zero-order valence-electron chi connectivity index (χ0n) is 18.1. The summed E-state index contributed by atoms with van der Waals surface area (Å²) < 4.78 is 39.3. The Morgan fingerprint density at radius 2 is 1.88 bits per heavy atom. The van der Waals surface area contributed by atoms with Gasteiger partial charge in [-0.1, -0.05) is 23.7 Å². The highest BCUT2D eigenvalue weighted by molar-refractivity contribution is 7.89. The lowest BCUT2D eigenvalue weighted by Crippen LogP contribution is -2.70. The summed E-state index contributed by atoms with van der Waals surface area (Å²) in [6.07, 6.45) is 0. The topological polar surface area (TPSA) is 86.8 Å². The van der Waals surface area contributed by atoms with Gasteiger partial charge < -0.3 is 5.32 Å². The van der Waals surface area contributed by atoms with Crippen molar-refractivity contribution in [1.29, 1.82) is 0 Å². The Hall–Kier alpha value is -2.49. The summed E-state index contributed by atoms with van der Waals surface area (Å²) in [5.74, 6) is -1.62. The standard InChI is InChI=1S/C22H25ClFN3O4S/c1-4-32(30,31)26-13-20(28)27(19-10-7-17(23)11-15(19)2)22(3,14-26)21(29)25-12-16-5-8-18(24)9-6-16/h5-11H,4,12-14H2,1-3H3,(H,25,29)/t22-/m0/s1. The van der Waals surface area contributed by atoms with E-state index in [1.807, 2.05) is 0 Å². The molecule has 1 N–H and O–H groups in total. The molecule has 7 nitrogen and oxygen atoms in total. The Morgan fingerprint density at radius 1 is 1.22 bits per heavy atom. The molecular formula is C22H25ClFN3O4S. The number of anilines is 1. The molecule has 1 aliphatic heterocycles. The first-order valence-electron chi connectivity index (χ1n) is 10.1. The molecule has 2 aromatic rings. The first kappa shape index (κ1) is 24.2. The highest BCUT2D eigenvalue weighted by atomic mass is 35.5. The maximum absolute atomic E-state index is 13.4. The van der Waals surface area contributed by atoms with E-state index >= 15 is 0 Å². The minimum absolute atomic E-state index is 0.0941. The van der Waals surface area contributed by atoms with Crippen molar-refractivity contribution in [3.63, 3.8) is 0 Å². The summed E-state index contributed by atoms with van der Waals surface area (Å²) >= 11 is 6.06. The Balaban J connectivity index is 1.99. The third kappa shape index (κ3) is 4.79. The number of amides is 2. The lowest BCUT2D eigenvalue weighted by molar-refractivity contribution is -0.133. The molecule has 0 bridgehead atoms. The molecule has 1 fully saturated rings. The summed E-state index contributed by atoms with van der Waals surface area (Å²) in [6, 6.07) is 10.6. The van der Waals surface area contributed by atoms with Gasteiger partial charge in [0.15, 0.2) is 0 Å². The second kappa shape index (κ2) is 9.17. The molecule has 0 saturated carbocycles. The number of nitrogens with one attached hydrogen (secondary N) is 1. The molecule has 0 radical (unpaired) electrons. The molecule has 32 heavy (non-hydrogen) atoms. The van der Waals surface area contributed by atoms with Crippen molar-refractivity contribution in [2.24, 2.45) is 0 Å². The Labute approximate surface area is 192 Å². The van der Waals surface area contributed by atoms with Gasteiger partial charge in [-0.05, 0) is 62.2 Å². The highest BCUT2D eigenvalue weighted by Gasteiger charge is 2.50. The molecule has 10 heteroatoms. The van der Waals surface area contributed by atoms with Crippen LogP contribution in [-0.2, 0) is 26.2 Å². The molecule has 0 unspecified atom stereocenters. The Bertz CT molecular complexity index is 1140. The predicted molar refractivity (Wildman–Crippen MR) is 121 cm³/mol. The van der Waals surface area contributed by atoms with Crippen LogP contribution in [0.4, 0.5) is 10.1 Å². The minimum atomic E-state index is -3.71. The number of hydrogen-bond donors (Lipinski definition) is 1. The second-order valence-corrected chi connectivity index (χ2v) is 10.6. The van der Waals surface area contributed by atoms with Crippen LogP contribution in [0.15, 0.2) is 42.5 Å². The van der Waals surface area contributed by atoms with Crippen LogP contribution in [-0.4, -0.2) is 48.9 Å². The van der Waals surface area contributed by atoms with E-state index in [0.29, 0.717) is 21.8 Å². The molecule has 2 amide bonds. The van der Waals surface area contributed by atoms with Crippen molar-refractivity contribution in [3.8, 4) is 0 Å². The lowest BCUT2D eigenvalue weighted by Gasteiger charge is -2.47. The molecule has 0 aromatic heterocycles. The van der Waals surface area contributed by atoms with Gasteiger partial charge in [0.25, 0.3) is 0 Å². The van der Waals surface area contributed by atoms with Gasteiger partial charge in [0.2, 0.25) is 21.8 Å². The lowest BCUT2D eigenvalue weighted by atomic mass is 9.93. The van der Waals surface area contributed by atoms with E-state index < -0.39 is 33.2 Å². The number of rotatable bonds is 6. The predicted octanol–water partition coefficient (Wildman–Crippen LogP) is 2.86. The van der Waals surface area contributed by atoms with Gasteiger partial charge in [0.05, 0.1) is 12.3 Å². The number of piperazine rings is 1. The first-order chi connectivity index (χ1) is 15.0. The van der Waals surface area contributed by atoms with Gasteiger partial charge in [-0.2, -0.15) is 4.31 Å². The number of aryl methyl sites for hydroxylation is 1. The van der Waals surface area contributed by atoms with Crippen molar-refractivity contribution >= 4 is 39.1 Å². The van der Waals surface area contributed by atoms with Crippen molar-refractivity contribution in [3.05, 3.63) is 64.4 Å². The molecule has 1 heterocycles. The van der Waals surface area contributed by atoms with Gasteiger partial charge in [-0.15, -0.1) is 0 Å². The number of carbonyl (C=O) groups excluding carboxylic acids is 2. The number of nitrogens with zero attached hydrogens (tertiary/aromatic N) is 2. The molecular weight excluding hydrogens is 457 g/mol. The largest absolute Gasteiger partial charge is 0.350 e. The van der Waals surface area contributed by atoms with E-state index in [-0.39, 0.29) is 25.4 Å². The van der Waals surface area contributed by atoms with E-state index in [0.717, 1.165) is 4.31 Å². The normalized spacial score (nSPS) is 19.8. The summed E-state index contributed by atoms with van der Waals surface area (Å²) in [7, 11) is -3.71. The fraction of sp³-hybridized carbons (Fsp3) is 0.364. The maximum Gasteiger partial charge on any atom is 0.247 e. The summed E-state index contributed by atoms with van der Waals surface area (Å²) in [5.41, 5.74) is 0.302. The van der Waals surface area contributed by atoms with Crippen molar-refractivity contribution in [2.75, 3.05) is 23.7 Å². The van der Waals surface area contributed by atoms with E-state index in [2.05, 4.69) is 5.32 Å². The molecule has 0 spiro atoms. The molecule has 1 atom stereocenters. The quantitative estimate of drug-likeness (QED) is 0.687. The molecule has 1 saturated heterocycles. The summed E-state index contributed by atoms with van der Waals surface area (Å²) in [6.45, 7) is 4.32.